The van der Waals surface area contributed by atoms with Crippen LogP contribution in [0.1, 0.15) is 0 Å². The van der Waals surface area contributed by atoms with Crippen LogP contribution >= 0.6 is 15.9 Å². The van der Waals surface area contributed by atoms with Crippen molar-refractivity contribution in [2.75, 3.05) is 6.61 Å². The van der Waals surface area contributed by atoms with E-state index >= 15 is 0 Å². The number of aromatic amines is 1. The largest absolute Gasteiger partial charge is 0.492 e. The van der Waals surface area contributed by atoms with Crippen LogP contribution in [-0.2, 0) is 6.54 Å². The maximum atomic E-state index is 11.4. The van der Waals surface area contributed by atoms with Crippen molar-refractivity contribution in [1.29, 1.82) is 0 Å². The van der Waals surface area contributed by atoms with Crippen molar-refractivity contribution >= 4 is 15.9 Å². The standard InChI is InChI=1S/C12H11BrN2O3/c13-9-2-1-3-10(8-9)18-7-6-15-5-4-11(16)14-12(15)17/h1-5,8H,6-7H2,(H,14,16,17). The van der Waals surface area contributed by atoms with Crippen LogP contribution in [0, 0.1) is 0 Å². The van der Waals surface area contributed by atoms with Crippen molar-refractivity contribution in [3.05, 3.63) is 61.8 Å². The Morgan fingerprint density at radius 1 is 1.28 bits per heavy atom. The number of ether oxygens (including phenoxy) is 1. The number of H-pyrrole nitrogens is 1. The molecule has 1 aromatic heterocycles. The average molecular weight is 311 g/mol. The highest BCUT2D eigenvalue weighted by atomic mass is 79.9. The molecular weight excluding hydrogens is 300 g/mol. The zero-order chi connectivity index (χ0) is 13.0. The lowest BCUT2D eigenvalue weighted by Crippen LogP contribution is -2.30. The predicted octanol–water partition coefficient (Wildman–Crippen LogP) is 1.38. The van der Waals surface area contributed by atoms with Crippen LogP contribution in [0.4, 0.5) is 0 Å². The molecule has 0 aliphatic rings. The Morgan fingerprint density at radius 3 is 2.83 bits per heavy atom. The van der Waals surface area contributed by atoms with Gasteiger partial charge < -0.3 is 4.74 Å². The summed E-state index contributed by atoms with van der Waals surface area (Å²) in [6.07, 6.45) is 1.45. The Hall–Kier alpha value is -1.82. The molecule has 0 bridgehead atoms. The first-order valence-corrected chi connectivity index (χ1v) is 6.12. The van der Waals surface area contributed by atoms with Gasteiger partial charge in [-0.15, -0.1) is 0 Å². The summed E-state index contributed by atoms with van der Waals surface area (Å²) >= 11 is 3.34. The van der Waals surface area contributed by atoms with Gasteiger partial charge in [0, 0.05) is 16.7 Å². The van der Waals surface area contributed by atoms with Crippen LogP contribution in [0.2, 0.25) is 0 Å². The second kappa shape index (κ2) is 5.68. The van der Waals surface area contributed by atoms with Gasteiger partial charge in [-0.05, 0) is 18.2 Å². The number of benzene rings is 1. The summed E-state index contributed by atoms with van der Waals surface area (Å²) < 4.78 is 7.81. The van der Waals surface area contributed by atoms with Gasteiger partial charge in [0.05, 0.1) is 6.54 Å². The molecule has 1 N–H and O–H groups in total. The average Bonchev–Trinajstić information content (AvgIpc) is 2.32. The van der Waals surface area contributed by atoms with Crippen molar-refractivity contribution in [3.63, 3.8) is 0 Å². The Bertz CT molecular complexity index is 648. The molecule has 2 rings (SSSR count). The number of rotatable bonds is 4. The lowest BCUT2D eigenvalue weighted by Gasteiger charge is -2.07. The van der Waals surface area contributed by atoms with Gasteiger partial charge in [-0.25, -0.2) is 4.79 Å². The SMILES string of the molecule is O=c1ccn(CCOc2cccc(Br)c2)c(=O)[nH]1. The quantitative estimate of drug-likeness (QED) is 0.928. The molecule has 1 heterocycles. The Kier molecular flexibility index (Phi) is 3.99. The number of halogens is 1. The number of hydrogen-bond donors (Lipinski definition) is 1. The fraction of sp³-hybridized carbons (Fsp3) is 0.167. The van der Waals surface area contributed by atoms with E-state index in [1.165, 1.54) is 16.8 Å². The molecule has 0 unspecified atom stereocenters. The minimum absolute atomic E-state index is 0.350. The Labute approximate surface area is 111 Å². The highest BCUT2D eigenvalue weighted by molar-refractivity contribution is 9.10. The predicted molar refractivity (Wildman–Crippen MR) is 71.0 cm³/mol. The normalized spacial score (nSPS) is 10.3. The van der Waals surface area contributed by atoms with Crippen molar-refractivity contribution in [3.8, 4) is 5.75 Å². The number of nitrogens with zero attached hydrogens (tertiary/aromatic N) is 1. The van der Waals surface area contributed by atoms with Crippen LogP contribution in [0.25, 0.3) is 0 Å². The van der Waals surface area contributed by atoms with E-state index in [9.17, 15) is 9.59 Å². The highest BCUT2D eigenvalue weighted by Gasteiger charge is 1.98. The summed E-state index contributed by atoms with van der Waals surface area (Å²) in [7, 11) is 0. The number of nitrogens with one attached hydrogen (secondary N) is 1. The Morgan fingerprint density at radius 2 is 2.11 bits per heavy atom. The minimum atomic E-state index is -0.430. The zero-order valence-corrected chi connectivity index (χ0v) is 11.0. The van der Waals surface area contributed by atoms with Crippen LogP contribution in [0.5, 0.6) is 5.75 Å². The molecule has 0 saturated carbocycles. The van der Waals surface area contributed by atoms with Gasteiger partial charge in [0.2, 0.25) is 0 Å². The van der Waals surface area contributed by atoms with E-state index in [4.69, 9.17) is 4.74 Å². The van der Waals surface area contributed by atoms with Gasteiger partial charge in [0.15, 0.2) is 0 Å². The third-order valence-electron chi connectivity index (χ3n) is 2.29. The molecule has 0 fully saturated rings. The van der Waals surface area contributed by atoms with Gasteiger partial charge in [-0.2, -0.15) is 0 Å². The lowest BCUT2D eigenvalue weighted by molar-refractivity contribution is 0.295. The smallest absolute Gasteiger partial charge is 0.328 e. The van der Waals surface area contributed by atoms with Crippen molar-refractivity contribution in [2.24, 2.45) is 0 Å². The van der Waals surface area contributed by atoms with E-state index < -0.39 is 11.2 Å². The van der Waals surface area contributed by atoms with E-state index in [1.54, 1.807) is 0 Å². The minimum Gasteiger partial charge on any atom is -0.492 e. The summed E-state index contributed by atoms with van der Waals surface area (Å²) in [6.45, 7) is 0.727. The fourth-order valence-electron chi connectivity index (χ4n) is 1.44. The fourth-order valence-corrected chi connectivity index (χ4v) is 1.82. The molecule has 6 heteroatoms. The summed E-state index contributed by atoms with van der Waals surface area (Å²) in [5.74, 6) is 0.724. The van der Waals surface area contributed by atoms with Crippen LogP contribution in [-0.4, -0.2) is 16.2 Å². The molecule has 0 spiro atoms. The van der Waals surface area contributed by atoms with Gasteiger partial charge in [-0.3, -0.25) is 14.3 Å². The third-order valence-corrected chi connectivity index (χ3v) is 2.79. The first-order valence-electron chi connectivity index (χ1n) is 5.33. The van der Waals surface area contributed by atoms with Gasteiger partial charge in [-0.1, -0.05) is 22.0 Å². The second-order valence-electron chi connectivity index (χ2n) is 3.61. The maximum Gasteiger partial charge on any atom is 0.328 e. The van der Waals surface area contributed by atoms with Crippen molar-refractivity contribution in [1.82, 2.24) is 9.55 Å². The van der Waals surface area contributed by atoms with Crippen molar-refractivity contribution in [2.45, 2.75) is 6.54 Å². The van der Waals surface area contributed by atoms with Crippen LogP contribution in [0.15, 0.2) is 50.6 Å². The molecule has 1 aromatic carbocycles. The highest BCUT2D eigenvalue weighted by Crippen LogP contribution is 2.17. The summed E-state index contributed by atoms with van der Waals surface area (Å²) in [5, 5.41) is 0. The van der Waals surface area contributed by atoms with E-state index in [1.807, 2.05) is 24.3 Å². The van der Waals surface area contributed by atoms with Crippen LogP contribution < -0.4 is 16.0 Å². The molecule has 2 aromatic rings. The van der Waals surface area contributed by atoms with Crippen LogP contribution in [0.3, 0.4) is 0 Å². The Balaban J connectivity index is 1.96. The third kappa shape index (κ3) is 3.33. The summed E-state index contributed by atoms with van der Waals surface area (Å²) in [6, 6.07) is 8.75. The zero-order valence-electron chi connectivity index (χ0n) is 9.43. The maximum absolute atomic E-state index is 11.4. The summed E-state index contributed by atoms with van der Waals surface area (Å²) in [4.78, 5) is 24.4. The van der Waals surface area contributed by atoms with E-state index in [-0.39, 0.29) is 0 Å². The molecule has 0 aliphatic heterocycles. The lowest BCUT2D eigenvalue weighted by atomic mass is 10.3. The van der Waals surface area contributed by atoms with E-state index in [0.717, 1.165) is 10.2 Å². The first-order chi connectivity index (χ1) is 8.65. The molecule has 0 amide bonds. The van der Waals surface area contributed by atoms with E-state index in [0.29, 0.717) is 13.2 Å². The number of hydrogen-bond acceptors (Lipinski definition) is 3. The molecule has 18 heavy (non-hydrogen) atoms. The molecule has 0 saturated heterocycles. The molecule has 94 valence electrons. The van der Waals surface area contributed by atoms with Gasteiger partial charge in [0.1, 0.15) is 12.4 Å². The number of aromatic nitrogens is 2. The molecule has 0 radical (unpaired) electrons. The molecular formula is C12H11BrN2O3. The van der Waals surface area contributed by atoms with E-state index in [2.05, 4.69) is 20.9 Å². The monoisotopic (exact) mass is 310 g/mol. The molecule has 0 aliphatic carbocycles. The van der Waals surface area contributed by atoms with Crippen molar-refractivity contribution < 1.29 is 4.74 Å². The second-order valence-corrected chi connectivity index (χ2v) is 4.53. The topological polar surface area (TPSA) is 64.1 Å². The molecule has 0 atom stereocenters. The van der Waals surface area contributed by atoms with Gasteiger partial charge in [0.25, 0.3) is 5.56 Å². The van der Waals surface area contributed by atoms with Gasteiger partial charge >= 0.3 is 5.69 Å². The first kappa shape index (κ1) is 12.6. The molecule has 5 nitrogen and oxygen atoms in total. The summed E-state index contributed by atoms with van der Waals surface area (Å²) in [5.41, 5.74) is -0.829.